The van der Waals surface area contributed by atoms with Gasteiger partial charge in [0.2, 0.25) is 5.91 Å². The van der Waals surface area contributed by atoms with Crippen molar-refractivity contribution >= 4 is 46.4 Å². The molecule has 0 aliphatic heterocycles. The zero-order valence-electron chi connectivity index (χ0n) is 15.2. The van der Waals surface area contributed by atoms with Crippen molar-refractivity contribution < 1.29 is 14.3 Å². The average molecular weight is 420 g/mol. The summed E-state index contributed by atoms with van der Waals surface area (Å²) in [6.07, 6.45) is 1.92. The van der Waals surface area contributed by atoms with Gasteiger partial charge in [-0.15, -0.1) is 0 Å². The van der Waals surface area contributed by atoms with E-state index in [9.17, 15) is 9.59 Å². The van der Waals surface area contributed by atoms with Crippen LogP contribution >= 0.6 is 23.2 Å². The summed E-state index contributed by atoms with van der Waals surface area (Å²) in [6, 6.07) is 12.0. The first-order valence-electron chi connectivity index (χ1n) is 8.74. The summed E-state index contributed by atoms with van der Waals surface area (Å²) >= 11 is 11.8. The smallest absolute Gasteiger partial charge is 0.277 e. The first-order chi connectivity index (χ1) is 13.4. The van der Waals surface area contributed by atoms with E-state index in [2.05, 4.69) is 15.8 Å². The number of anilines is 1. The number of nitrogens with zero attached hydrogens (tertiary/aromatic N) is 1. The lowest BCUT2D eigenvalue weighted by molar-refractivity contribution is -0.123. The lowest BCUT2D eigenvalue weighted by Crippen LogP contribution is -2.25. The van der Waals surface area contributed by atoms with Crippen LogP contribution in [0.3, 0.4) is 0 Å². The minimum absolute atomic E-state index is 0.0613. The van der Waals surface area contributed by atoms with Crippen molar-refractivity contribution in [3.05, 3.63) is 58.1 Å². The molecule has 2 N–H and O–H groups in total. The Hall–Kier alpha value is -2.57. The average Bonchev–Trinajstić information content (AvgIpc) is 3.51. The van der Waals surface area contributed by atoms with Crippen molar-refractivity contribution in [2.75, 3.05) is 11.9 Å². The molecule has 2 amide bonds. The van der Waals surface area contributed by atoms with Gasteiger partial charge in [-0.25, -0.2) is 5.43 Å². The Bertz CT molecular complexity index is 909. The monoisotopic (exact) mass is 419 g/mol. The van der Waals surface area contributed by atoms with Crippen LogP contribution in [0.1, 0.15) is 25.3 Å². The third-order valence-electron chi connectivity index (χ3n) is 4.12. The first kappa shape index (κ1) is 20.2. The number of ether oxygens (including phenoxy) is 1. The molecule has 1 aliphatic carbocycles. The Labute approximate surface area is 172 Å². The van der Waals surface area contributed by atoms with E-state index < -0.39 is 5.91 Å². The van der Waals surface area contributed by atoms with Crippen molar-refractivity contribution in [2.24, 2.45) is 11.0 Å². The maximum absolute atomic E-state index is 11.9. The molecule has 0 saturated heterocycles. The number of halogens is 2. The van der Waals surface area contributed by atoms with Crippen molar-refractivity contribution in [3.8, 4) is 5.75 Å². The van der Waals surface area contributed by atoms with Crippen molar-refractivity contribution in [1.29, 1.82) is 0 Å². The summed E-state index contributed by atoms with van der Waals surface area (Å²) < 4.78 is 5.36. The van der Waals surface area contributed by atoms with Crippen molar-refractivity contribution in [1.82, 2.24) is 5.43 Å². The topological polar surface area (TPSA) is 79.8 Å². The molecule has 2 aromatic rings. The Morgan fingerprint density at radius 3 is 2.50 bits per heavy atom. The fraction of sp³-hybridized carbons (Fsp3) is 0.250. The molecule has 0 atom stereocenters. The van der Waals surface area contributed by atoms with E-state index in [1.807, 2.05) is 24.3 Å². The molecule has 1 aliphatic rings. The molecule has 6 nitrogen and oxygen atoms in total. The Morgan fingerprint density at radius 1 is 1.14 bits per heavy atom. The molecular formula is C20H19Cl2N3O3. The number of hydrogen-bond donors (Lipinski definition) is 2. The van der Waals surface area contributed by atoms with Crippen molar-refractivity contribution in [2.45, 2.75) is 19.8 Å². The SMILES string of the molecule is CC(=NNC(=O)COc1ccc(Cl)cc1Cl)c1ccc(NC(=O)C2CC2)cc1. The van der Waals surface area contributed by atoms with Gasteiger partial charge in [0, 0.05) is 16.6 Å². The number of hydrogen-bond acceptors (Lipinski definition) is 4. The molecule has 0 heterocycles. The fourth-order valence-electron chi connectivity index (χ4n) is 2.36. The number of rotatable bonds is 7. The Morgan fingerprint density at radius 2 is 1.86 bits per heavy atom. The molecule has 0 radical (unpaired) electrons. The highest BCUT2D eigenvalue weighted by Crippen LogP contribution is 2.30. The molecular weight excluding hydrogens is 401 g/mol. The number of carbonyl (C=O) groups excluding carboxylic acids is 2. The van der Waals surface area contributed by atoms with Gasteiger partial charge in [-0.1, -0.05) is 35.3 Å². The number of hydrazone groups is 1. The van der Waals surface area contributed by atoms with E-state index in [1.165, 1.54) is 6.07 Å². The lowest BCUT2D eigenvalue weighted by atomic mass is 10.1. The number of nitrogens with one attached hydrogen (secondary N) is 2. The molecule has 1 saturated carbocycles. The summed E-state index contributed by atoms with van der Waals surface area (Å²) in [5.41, 5.74) is 4.63. The largest absolute Gasteiger partial charge is 0.482 e. The van der Waals surface area contributed by atoms with Crippen LogP contribution in [-0.4, -0.2) is 24.1 Å². The van der Waals surface area contributed by atoms with Gasteiger partial charge in [0.25, 0.3) is 5.91 Å². The second-order valence-corrected chi connectivity index (χ2v) is 7.28. The molecule has 3 rings (SSSR count). The van der Waals surface area contributed by atoms with Crippen LogP contribution in [0.2, 0.25) is 10.0 Å². The van der Waals surface area contributed by atoms with E-state index in [-0.39, 0.29) is 18.4 Å². The first-order valence-corrected chi connectivity index (χ1v) is 9.50. The molecule has 146 valence electrons. The van der Waals surface area contributed by atoms with E-state index in [1.54, 1.807) is 19.1 Å². The highest BCUT2D eigenvalue weighted by atomic mass is 35.5. The molecule has 0 unspecified atom stereocenters. The van der Waals surface area contributed by atoms with Crippen LogP contribution in [0.4, 0.5) is 5.69 Å². The van der Waals surface area contributed by atoms with Crippen LogP contribution in [0.15, 0.2) is 47.6 Å². The fourth-order valence-corrected chi connectivity index (χ4v) is 2.83. The van der Waals surface area contributed by atoms with Gasteiger partial charge < -0.3 is 10.1 Å². The normalized spacial score (nSPS) is 13.8. The van der Waals surface area contributed by atoms with E-state index >= 15 is 0 Å². The molecule has 28 heavy (non-hydrogen) atoms. The minimum Gasteiger partial charge on any atom is -0.482 e. The molecule has 8 heteroatoms. The number of amides is 2. The van der Waals surface area contributed by atoms with Gasteiger partial charge in [-0.3, -0.25) is 9.59 Å². The zero-order valence-corrected chi connectivity index (χ0v) is 16.7. The van der Waals surface area contributed by atoms with E-state index in [0.29, 0.717) is 21.5 Å². The molecule has 0 aromatic heterocycles. The predicted molar refractivity (Wildman–Crippen MR) is 110 cm³/mol. The Balaban J connectivity index is 1.50. The van der Waals surface area contributed by atoms with Crippen LogP contribution in [0, 0.1) is 5.92 Å². The lowest BCUT2D eigenvalue weighted by Gasteiger charge is -2.08. The summed E-state index contributed by atoms with van der Waals surface area (Å²) in [5, 5.41) is 7.76. The molecule has 0 spiro atoms. The number of benzene rings is 2. The highest BCUT2D eigenvalue weighted by molar-refractivity contribution is 6.35. The van der Waals surface area contributed by atoms with Gasteiger partial charge in [0.05, 0.1) is 10.7 Å². The van der Waals surface area contributed by atoms with Gasteiger partial charge in [-0.2, -0.15) is 5.10 Å². The van der Waals surface area contributed by atoms with Gasteiger partial charge in [-0.05, 0) is 55.7 Å². The summed E-state index contributed by atoms with van der Waals surface area (Å²) in [6.45, 7) is 1.54. The molecule has 2 aromatic carbocycles. The Kier molecular flexibility index (Phi) is 6.54. The predicted octanol–water partition coefficient (Wildman–Crippen LogP) is 4.26. The van der Waals surface area contributed by atoms with Gasteiger partial charge in [0.15, 0.2) is 6.61 Å². The maximum Gasteiger partial charge on any atom is 0.277 e. The van der Waals surface area contributed by atoms with E-state index in [0.717, 1.165) is 24.1 Å². The van der Waals surface area contributed by atoms with Gasteiger partial charge in [0.1, 0.15) is 5.75 Å². The summed E-state index contributed by atoms with van der Waals surface area (Å²) in [4.78, 5) is 23.7. The zero-order chi connectivity index (χ0) is 20.1. The molecule has 0 bridgehead atoms. The third-order valence-corrected chi connectivity index (χ3v) is 4.65. The number of carbonyl (C=O) groups is 2. The summed E-state index contributed by atoms with van der Waals surface area (Å²) in [7, 11) is 0. The quantitative estimate of drug-likeness (QED) is 0.519. The van der Waals surface area contributed by atoms with Gasteiger partial charge >= 0.3 is 0 Å². The third kappa shape index (κ3) is 5.71. The second-order valence-electron chi connectivity index (χ2n) is 6.44. The van der Waals surface area contributed by atoms with E-state index in [4.69, 9.17) is 27.9 Å². The minimum atomic E-state index is -0.418. The van der Waals surface area contributed by atoms with Crippen LogP contribution in [-0.2, 0) is 9.59 Å². The molecule has 1 fully saturated rings. The highest BCUT2D eigenvalue weighted by Gasteiger charge is 2.29. The summed E-state index contributed by atoms with van der Waals surface area (Å²) in [5.74, 6) is 0.166. The van der Waals surface area contributed by atoms with Crippen LogP contribution in [0.25, 0.3) is 0 Å². The maximum atomic E-state index is 11.9. The van der Waals surface area contributed by atoms with Crippen LogP contribution in [0.5, 0.6) is 5.75 Å². The van der Waals surface area contributed by atoms with Crippen molar-refractivity contribution in [3.63, 3.8) is 0 Å². The standard InChI is InChI=1S/C20H19Cl2N3O3/c1-12(13-4-7-16(8-5-13)23-20(27)14-2-3-14)24-25-19(26)11-28-18-9-6-15(21)10-17(18)22/h4-10,14H,2-3,11H2,1H3,(H,23,27)(H,25,26). The second kappa shape index (κ2) is 9.08. The van der Waals surface area contributed by atoms with Crippen LogP contribution < -0.4 is 15.5 Å².